The molecule has 7 nitrogen and oxygen atoms in total. The molecule has 4 N–H and O–H groups in total. The van der Waals surface area contributed by atoms with Gasteiger partial charge >= 0.3 is 5.97 Å². The minimum Gasteiger partial charge on any atom is -0.481 e. The van der Waals surface area contributed by atoms with E-state index >= 15 is 0 Å². The third-order valence-electron chi connectivity index (χ3n) is 8.61. The van der Waals surface area contributed by atoms with Gasteiger partial charge in [0.25, 0.3) is 0 Å². The first kappa shape index (κ1) is 29.0. The van der Waals surface area contributed by atoms with Crippen molar-refractivity contribution in [2.75, 3.05) is 31.2 Å². The monoisotopic (exact) mass is 551 g/mol. The Morgan fingerprint density at radius 3 is 2.59 bits per heavy atom. The number of benzene rings is 2. The summed E-state index contributed by atoms with van der Waals surface area (Å²) in [5, 5.41) is 14.0. The Morgan fingerprint density at radius 2 is 1.95 bits per heavy atom. The fourth-order valence-corrected chi connectivity index (χ4v) is 6.03. The number of hydrogen-bond acceptors (Lipinski definition) is 5. The molecule has 1 fully saturated rings. The minimum absolute atomic E-state index is 0.429. The zero-order valence-corrected chi connectivity index (χ0v) is 24.6. The molecule has 210 valence electrons. The summed E-state index contributed by atoms with van der Waals surface area (Å²) in [4.78, 5) is 19.7. The fraction of sp³-hybridized carbons (Fsp3) is 0.484. The van der Waals surface area contributed by atoms with Crippen LogP contribution < -0.4 is 11.1 Å². The third kappa shape index (κ3) is 6.10. The van der Waals surface area contributed by atoms with Crippen molar-refractivity contribution in [2.24, 2.45) is 11.3 Å². The van der Waals surface area contributed by atoms with Crippen LogP contribution in [0.15, 0.2) is 42.7 Å². The summed E-state index contributed by atoms with van der Waals surface area (Å²) in [7, 11) is 1.83. The lowest BCUT2D eigenvalue weighted by atomic mass is 9.70. The van der Waals surface area contributed by atoms with E-state index in [2.05, 4.69) is 32.8 Å². The van der Waals surface area contributed by atoms with Crippen molar-refractivity contribution in [3.63, 3.8) is 0 Å². The average Bonchev–Trinajstić information content (AvgIpc) is 3.35. The number of nitrogens with two attached hydrogens (primary N) is 1. The molecule has 1 saturated heterocycles. The summed E-state index contributed by atoms with van der Waals surface area (Å²) in [5.41, 5.74) is 10.4. The number of aliphatic carboxylic acids is 1. The minimum atomic E-state index is -1.09. The zero-order valence-electron chi connectivity index (χ0n) is 23.8. The highest BCUT2D eigenvalue weighted by Gasteiger charge is 2.40. The molecular weight excluding hydrogens is 510 g/mol. The molecule has 3 aromatic rings. The number of nitrogens with one attached hydrogen (secondary N) is 1. The number of carbonyl (C=O) groups is 1. The molecule has 0 radical (unpaired) electrons. The maximum atomic E-state index is 12.5. The van der Waals surface area contributed by atoms with Gasteiger partial charge in [0, 0.05) is 30.4 Å². The molecule has 0 bridgehead atoms. The van der Waals surface area contributed by atoms with Gasteiger partial charge in [-0.1, -0.05) is 43.1 Å². The maximum absolute atomic E-state index is 12.5. The molecule has 0 aliphatic carbocycles. The van der Waals surface area contributed by atoms with E-state index in [0.29, 0.717) is 17.3 Å². The van der Waals surface area contributed by atoms with Gasteiger partial charge in [-0.25, -0.2) is 4.98 Å². The molecule has 0 saturated carbocycles. The predicted molar refractivity (Wildman–Crippen MR) is 159 cm³/mol. The normalized spacial score (nSPS) is 15.8. The second-order valence-corrected chi connectivity index (χ2v) is 11.8. The van der Waals surface area contributed by atoms with Crippen LogP contribution in [0.4, 0.5) is 11.4 Å². The molecular formula is C31H42ClN5O2. The molecule has 8 heteroatoms. The SMILES string of the molecule is CCC1CCN(Cc2nccn2Cc2cc(C(c3ccc(NC)c(N)c3C)C(C)(C)C(=O)O)ccc2Cl)CC1. The van der Waals surface area contributed by atoms with Gasteiger partial charge in [-0.3, -0.25) is 9.69 Å². The molecule has 4 rings (SSSR count). The van der Waals surface area contributed by atoms with E-state index in [-0.39, 0.29) is 0 Å². The number of nitrogens with zero attached hydrogens (tertiary/aromatic N) is 3. The van der Waals surface area contributed by atoms with Crippen LogP contribution in [0.5, 0.6) is 0 Å². The molecule has 0 amide bonds. The molecule has 1 unspecified atom stereocenters. The Kier molecular flexibility index (Phi) is 8.92. The van der Waals surface area contributed by atoms with Crippen molar-refractivity contribution < 1.29 is 9.90 Å². The first-order chi connectivity index (χ1) is 18.6. The lowest BCUT2D eigenvalue weighted by molar-refractivity contribution is -0.147. The number of likely N-dealkylation sites (tertiary alicyclic amines) is 1. The second-order valence-electron chi connectivity index (χ2n) is 11.4. The van der Waals surface area contributed by atoms with Crippen molar-refractivity contribution in [1.82, 2.24) is 14.5 Å². The fourth-order valence-electron chi connectivity index (χ4n) is 5.85. The van der Waals surface area contributed by atoms with E-state index < -0.39 is 17.3 Å². The largest absolute Gasteiger partial charge is 0.481 e. The molecule has 1 aliphatic heterocycles. The summed E-state index contributed by atoms with van der Waals surface area (Å²) in [6, 6.07) is 9.77. The van der Waals surface area contributed by atoms with E-state index in [1.54, 1.807) is 13.8 Å². The Morgan fingerprint density at radius 1 is 1.23 bits per heavy atom. The number of carboxylic acid groups (broad SMARTS) is 1. The van der Waals surface area contributed by atoms with Crippen LogP contribution in [0.25, 0.3) is 0 Å². The Bertz CT molecular complexity index is 1310. The van der Waals surface area contributed by atoms with Crippen LogP contribution in [0.1, 0.15) is 74.0 Å². The van der Waals surface area contributed by atoms with Crippen molar-refractivity contribution in [1.29, 1.82) is 0 Å². The van der Waals surface area contributed by atoms with Crippen LogP contribution in [-0.2, 0) is 17.9 Å². The molecule has 39 heavy (non-hydrogen) atoms. The average molecular weight is 552 g/mol. The summed E-state index contributed by atoms with van der Waals surface area (Å²) in [6.45, 7) is 11.3. The van der Waals surface area contributed by atoms with Crippen molar-refractivity contribution in [2.45, 2.75) is 66.0 Å². The number of piperidine rings is 1. The number of halogens is 1. The second kappa shape index (κ2) is 12.0. The number of carboxylic acids is 1. The van der Waals surface area contributed by atoms with E-state index in [1.165, 1.54) is 19.3 Å². The molecule has 0 spiro atoms. The van der Waals surface area contributed by atoms with E-state index in [0.717, 1.165) is 59.3 Å². The zero-order chi connectivity index (χ0) is 28.3. The van der Waals surface area contributed by atoms with Crippen LogP contribution in [0.2, 0.25) is 5.02 Å². The smallest absolute Gasteiger partial charge is 0.310 e. The van der Waals surface area contributed by atoms with Gasteiger partial charge < -0.3 is 20.7 Å². The first-order valence-electron chi connectivity index (χ1n) is 13.9. The lowest BCUT2D eigenvalue weighted by Gasteiger charge is -2.33. The highest BCUT2D eigenvalue weighted by molar-refractivity contribution is 6.31. The first-order valence-corrected chi connectivity index (χ1v) is 14.2. The van der Waals surface area contributed by atoms with E-state index in [9.17, 15) is 9.90 Å². The molecule has 1 atom stereocenters. The summed E-state index contributed by atoms with van der Waals surface area (Å²) in [6.07, 6.45) is 7.58. The van der Waals surface area contributed by atoms with Gasteiger partial charge in [0.1, 0.15) is 5.82 Å². The quantitative estimate of drug-likeness (QED) is 0.253. The molecule has 1 aromatic heterocycles. The number of anilines is 2. The molecule has 2 aromatic carbocycles. The van der Waals surface area contributed by atoms with Crippen molar-refractivity contribution in [3.05, 3.63) is 75.8 Å². The standard InChI is InChI=1S/C31H42ClN5O2/c1-6-21-11-14-36(15-12-21)19-27-35-13-16-37(27)18-23-17-22(7-9-25(23)32)28(31(3,4)30(38)39)24-8-10-26(34-5)29(33)20(24)2/h7-10,13,16-17,21,28,34H,6,11-12,14-15,18-19,33H2,1-5H3,(H,38,39). The summed E-state index contributed by atoms with van der Waals surface area (Å²) in [5.74, 6) is 0.545. The Hall–Kier alpha value is -3.03. The van der Waals surface area contributed by atoms with E-state index in [1.807, 2.05) is 50.6 Å². The van der Waals surface area contributed by atoms with Gasteiger partial charge in [-0.05, 0) is 87.0 Å². The van der Waals surface area contributed by atoms with Gasteiger partial charge in [0.2, 0.25) is 0 Å². The van der Waals surface area contributed by atoms with Gasteiger partial charge in [-0.2, -0.15) is 0 Å². The maximum Gasteiger partial charge on any atom is 0.310 e. The number of rotatable bonds is 10. The summed E-state index contributed by atoms with van der Waals surface area (Å²) >= 11 is 6.72. The van der Waals surface area contributed by atoms with Crippen LogP contribution in [0, 0.1) is 18.3 Å². The molecule has 2 heterocycles. The Labute approximate surface area is 237 Å². The van der Waals surface area contributed by atoms with Crippen molar-refractivity contribution in [3.8, 4) is 0 Å². The number of aromatic nitrogens is 2. The number of imidazole rings is 1. The van der Waals surface area contributed by atoms with Gasteiger partial charge in [-0.15, -0.1) is 0 Å². The number of hydrogen-bond donors (Lipinski definition) is 3. The van der Waals surface area contributed by atoms with Gasteiger partial charge in [0.15, 0.2) is 0 Å². The van der Waals surface area contributed by atoms with E-state index in [4.69, 9.17) is 17.3 Å². The topological polar surface area (TPSA) is 96.4 Å². The third-order valence-corrected chi connectivity index (χ3v) is 8.97. The van der Waals surface area contributed by atoms with Crippen LogP contribution >= 0.6 is 11.6 Å². The number of nitrogen functional groups attached to an aromatic ring is 1. The van der Waals surface area contributed by atoms with Crippen LogP contribution in [-0.4, -0.2) is 45.7 Å². The predicted octanol–water partition coefficient (Wildman–Crippen LogP) is 6.38. The van der Waals surface area contributed by atoms with Crippen molar-refractivity contribution >= 4 is 28.9 Å². The summed E-state index contributed by atoms with van der Waals surface area (Å²) < 4.78 is 2.15. The molecule has 1 aliphatic rings. The van der Waals surface area contributed by atoms with Crippen LogP contribution in [0.3, 0.4) is 0 Å². The highest BCUT2D eigenvalue weighted by atomic mass is 35.5. The van der Waals surface area contributed by atoms with Gasteiger partial charge in [0.05, 0.1) is 29.9 Å². The highest BCUT2D eigenvalue weighted by Crippen LogP contribution is 2.45. The Balaban J connectivity index is 1.67. The lowest BCUT2D eigenvalue weighted by Crippen LogP contribution is -2.34.